The second-order valence-electron chi connectivity index (χ2n) is 5.44. The van der Waals surface area contributed by atoms with E-state index < -0.39 is 4.92 Å². The second kappa shape index (κ2) is 5.43. The number of nitrogens with zero attached hydrogens (tertiary/aromatic N) is 4. The highest BCUT2D eigenvalue weighted by Crippen LogP contribution is 2.35. The molecular formula is C12H19N5O2S. The van der Waals surface area contributed by atoms with Crippen LogP contribution in [0.3, 0.4) is 0 Å². The molecule has 0 aromatic carbocycles. The number of nitro groups is 1. The highest BCUT2D eigenvalue weighted by molar-refractivity contribution is 8.00. The molecule has 1 fully saturated rings. The van der Waals surface area contributed by atoms with Gasteiger partial charge in [-0.1, -0.05) is 13.8 Å². The molecule has 1 aliphatic rings. The summed E-state index contributed by atoms with van der Waals surface area (Å²) < 4.78 is 0.178. The third kappa shape index (κ3) is 3.12. The number of hydrogen-bond acceptors (Lipinski definition) is 7. The van der Waals surface area contributed by atoms with Crippen LogP contribution in [0.15, 0.2) is 0 Å². The van der Waals surface area contributed by atoms with Crippen LogP contribution in [0, 0.1) is 17.0 Å². The van der Waals surface area contributed by atoms with Gasteiger partial charge in [-0.2, -0.15) is 16.7 Å². The van der Waals surface area contributed by atoms with Crippen LogP contribution in [-0.4, -0.2) is 38.5 Å². The van der Waals surface area contributed by atoms with E-state index in [4.69, 9.17) is 5.73 Å². The molecule has 1 aromatic rings. The average Bonchev–Trinajstić information content (AvgIpc) is 2.48. The summed E-state index contributed by atoms with van der Waals surface area (Å²) in [6.07, 6.45) is 0.942. The number of hydrogen-bond donors (Lipinski definition) is 1. The minimum atomic E-state index is -0.423. The number of rotatable bonds is 2. The van der Waals surface area contributed by atoms with Crippen molar-refractivity contribution in [2.75, 3.05) is 29.5 Å². The van der Waals surface area contributed by atoms with Crippen LogP contribution in [-0.2, 0) is 0 Å². The summed E-state index contributed by atoms with van der Waals surface area (Å²) in [6, 6.07) is 0. The van der Waals surface area contributed by atoms with Crippen LogP contribution >= 0.6 is 11.8 Å². The number of aromatic nitrogens is 2. The van der Waals surface area contributed by atoms with E-state index in [1.165, 1.54) is 0 Å². The zero-order valence-corrected chi connectivity index (χ0v) is 12.7. The highest BCUT2D eigenvalue weighted by atomic mass is 32.2. The van der Waals surface area contributed by atoms with Crippen molar-refractivity contribution < 1.29 is 4.92 Å². The van der Waals surface area contributed by atoms with Crippen LogP contribution in [0.1, 0.15) is 26.0 Å². The van der Waals surface area contributed by atoms with Gasteiger partial charge in [0.05, 0.1) is 4.92 Å². The molecule has 1 aliphatic heterocycles. The zero-order valence-electron chi connectivity index (χ0n) is 11.9. The lowest BCUT2D eigenvalue weighted by Gasteiger charge is -2.23. The quantitative estimate of drug-likeness (QED) is 0.658. The largest absolute Gasteiger partial charge is 0.368 e. The molecule has 0 amide bonds. The number of thioether (sulfide) groups is 1. The lowest BCUT2D eigenvalue weighted by atomic mass is 10.1. The molecular weight excluding hydrogens is 278 g/mol. The van der Waals surface area contributed by atoms with Crippen molar-refractivity contribution in [1.29, 1.82) is 0 Å². The van der Waals surface area contributed by atoms with E-state index in [2.05, 4.69) is 23.8 Å². The van der Waals surface area contributed by atoms with Gasteiger partial charge in [0.25, 0.3) is 0 Å². The van der Waals surface area contributed by atoms with Crippen molar-refractivity contribution in [3.63, 3.8) is 0 Å². The SMILES string of the molecule is Cc1nc(N)nc(N2CCSC(C)(C)CC2)c1[N+](=O)[O-]. The minimum absolute atomic E-state index is 0.0380. The Kier molecular flexibility index (Phi) is 4.03. The average molecular weight is 297 g/mol. The molecule has 0 radical (unpaired) electrons. The molecule has 2 N–H and O–H groups in total. The van der Waals surface area contributed by atoms with E-state index >= 15 is 0 Å². The number of nitrogen functional groups attached to an aromatic ring is 1. The zero-order chi connectivity index (χ0) is 14.9. The first kappa shape index (κ1) is 14.8. The van der Waals surface area contributed by atoms with Crippen LogP contribution in [0.5, 0.6) is 0 Å². The topological polar surface area (TPSA) is 98.2 Å². The van der Waals surface area contributed by atoms with Gasteiger partial charge in [0.2, 0.25) is 11.8 Å². The summed E-state index contributed by atoms with van der Waals surface area (Å²) in [7, 11) is 0. The third-order valence-electron chi connectivity index (χ3n) is 3.38. The van der Waals surface area contributed by atoms with E-state index in [0.717, 1.165) is 25.3 Å². The Bertz CT molecular complexity index is 535. The Morgan fingerprint density at radius 1 is 1.40 bits per heavy atom. The lowest BCUT2D eigenvalue weighted by molar-refractivity contribution is -0.385. The van der Waals surface area contributed by atoms with Crippen LogP contribution in [0.2, 0.25) is 0 Å². The third-order valence-corrected chi connectivity index (χ3v) is 4.75. The molecule has 0 spiro atoms. The second-order valence-corrected chi connectivity index (χ2v) is 7.24. The van der Waals surface area contributed by atoms with Crippen LogP contribution in [0.4, 0.5) is 17.5 Å². The first-order chi connectivity index (χ1) is 9.30. The molecule has 7 nitrogen and oxygen atoms in total. The molecule has 20 heavy (non-hydrogen) atoms. The fourth-order valence-corrected chi connectivity index (χ4v) is 3.34. The molecule has 0 saturated carbocycles. The molecule has 2 rings (SSSR count). The highest BCUT2D eigenvalue weighted by Gasteiger charge is 2.30. The van der Waals surface area contributed by atoms with Gasteiger partial charge < -0.3 is 10.6 Å². The Labute approximate surface area is 122 Å². The molecule has 0 aliphatic carbocycles. The van der Waals surface area contributed by atoms with Gasteiger partial charge in [0.1, 0.15) is 5.69 Å². The maximum atomic E-state index is 11.3. The number of anilines is 2. The van der Waals surface area contributed by atoms with Gasteiger partial charge >= 0.3 is 5.69 Å². The van der Waals surface area contributed by atoms with Gasteiger partial charge in [-0.15, -0.1) is 0 Å². The van der Waals surface area contributed by atoms with Crippen LogP contribution in [0.25, 0.3) is 0 Å². The summed E-state index contributed by atoms with van der Waals surface area (Å²) in [6.45, 7) is 7.43. The van der Waals surface area contributed by atoms with E-state index in [1.54, 1.807) is 6.92 Å². The number of aryl methyl sites for hydroxylation is 1. The summed E-state index contributed by atoms with van der Waals surface area (Å²) >= 11 is 1.88. The van der Waals surface area contributed by atoms with Crippen molar-refractivity contribution in [1.82, 2.24) is 9.97 Å². The molecule has 0 unspecified atom stereocenters. The standard InChI is InChI=1S/C12H19N5O2S/c1-8-9(17(18)19)10(15-11(13)14-8)16-5-4-12(2,3)20-7-6-16/h4-7H2,1-3H3,(H2,13,14,15). The van der Waals surface area contributed by atoms with Crippen molar-refractivity contribution >= 4 is 29.2 Å². The molecule has 2 heterocycles. The molecule has 110 valence electrons. The molecule has 1 aromatic heterocycles. The summed E-state index contributed by atoms with van der Waals surface area (Å²) in [5, 5.41) is 11.3. The van der Waals surface area contributed by atoms with Crippen molar-refractivity contribution in [2.45, 2.75) is 31.9 Å². The maximum Gasteiger partial charge on any atom is 0.332 e. The molecule has 8 heteroatoms. The van der Waals surface area contributed by atoms with Crippen molar-refractivity contribution in [3.8, 4) is 0 Å². The Morgan fingerprint density at radius 2 is 2.10 bits per heavy atom. The van der Waals surface area contributed by atoms with Gasteiger partial charge in [0, 0.05) is 23.6 Å². The van der Waals surface area contributed by atoms with Gasteiger partial charge in [-0.25, -0.2) is 4.98 Å². The van der Waals surface area contributed by atoms with Gasteiger partial charge in [-0.3, -0.25) is 10.1 Å². The van der Waals surface area contributed by atoms with E-state index in [9.17, 15) is 10.1 Å². The van der Waals surface area contributed by atoms with Crippen molar-refractivity contribution in [3.05, 3.63) is 15.8 Å². The lowest BCUT2D eigenvalue weighted by Crippen LogP contribution is -2.29. The van der Waals surface area contributed by atoms with Gasteiger partial charge in [-0.05, 0) is 13.3 Å². The van der Waals surface area contributed by atoms with E-state index in [1.807, 2.05) is 16.7 Å². The predicted molar refractivity (Wildman–Crippen MR) is 81.2 cm³/mol. The van der Waals surface area contributed by atoms with E-state index in [-0.39, 0.29) is 16.4 Å². The first-order valence-corrected chi connectivity index (χ1v) is 7.46. The summed E-state index contributed by atoms with van der Waals surface area (Å²) in [4.78, 5) is 20.8. The minimum Gasteiger partial charge on any atom is -0.368 e. The Hall–Kier alpha value is -1.57. The summed E-state index contributed by atoms with van der Waals surface area (Å²) in [5.41, 5.74) is 5.93. The van der Waals surface area contributed by atoms with E-state index in [0.29, 0.717) is 11.5 Å². The molecule has 0 bridgehead atoms. The maximum absolute atomic E-state index is 11.3. The van der Waals surface area contributed by atoms with Crippen LogP contribution < -0.4 is 10.6 Å². The first-order valence-electron chi connectivity index (χ1n) is 6.47. The Morgan fingerprint density at radius 3 is 2.75 bits per heavy atom. The monoisotopic (exact) mass is 297 g/mol. The van der Waals surface area contributed by atoms with Crippen molar-refractivity contribution in [2.24, 2.45) is 0 Å². The fraction of sp³-hybridized carbons (Fsp3) is 0.667. The van der Waals surface area contributed by atoms with Gasteiger partial charge in [0.15, 0.2) is 0 Å². The fourth-order valence-electron chi connectivity index (χ4n) is 2.24. The Balaban J connectivity index is 2.39. The normalized spacial score (nSPS) is 18.6. The smallest absolute Gasteiger partial charge is 0.332 e. The predicted octanol–water partition coefficient (Wildman–Crippen LogP) is 2.00. The number of nitrogens with two attached hydrogens (primary N) is 1. The molecule has 0 atom stereocenters. The summed E-state index contributed by atoms with van der Waals surface area (Å²) in [5.74, 6) is 1.34. The molecule has 1 saturated heterocycles.